The van der Waals surface area contributed by atoms with Crippen molar-refractivity contribution in [2.24, 2.45) is 0 Å². The van der Waals surface area contributed by atoms with Gasteiger partial charge in [0.1, 0.15) is 18.1 Å². The third kappa shape index (κ3) is 4.18. The van der Waals surface area contributed by atoms with Gasteiger partial charge in [0.25, 0.3) is 10.1 Å². The first-order chi connectivity index (χ1) is 6.88. The Morgan fingerprint density at radius 2 is 2.13 bits per heavy atom. The van der Waals surface area contributed by atoms with Gasteiger partial charge in [-0.3, -0.25) is 4.55 Å². The van der Waals surface area contributed by atoms with Gasteiger partial charge in [0.05, 0.1) is 0 Å². The van der Waals surface area contributed by atoms with E-state index in [4.69, 9.17) is 15.0 Å². The second kappa shape index (κ2) is 4.50. The summed E-state index contributed by atoms with van der Waals surface area (Å²) >= 11 is 0. The molecule has 0 heterocycles. The molecule has 0 amide bonds. The van der Waals surface area contributed by atoms with Gasteiger partial charge >= 0.3 is 0 Å². The van der Waals surface area contributed by atoms with Gasteiger partial charge in [-0.2, -0.15) is 8.42 Å². The van der Waals surface area contributed by atoms with Crippen LogP contribution in [0.15, 0.2) is 18.2 Å². The topological polar surface area (TPSA) is 89.6 Å². The Morgan fingerprint density at radius 3 is 2.67 bits per heavy atom. The summed E-state index contributed by atoms with van der Waals surface area (Å²) < 4.78 is 34.3. The molecule has 1 rings (SSSR count). The predicted octanol–water partition coefficient (Wildman–Crippen LogP) is 0.844. The second-order valence-corrected chi connectivity index (χ2v) is 4.72. The van der Waals surface area contributed by atoms with E-state index in [1.807, 2.05) is 6.92 Å². The molecule has 6 heteroatoms. The van der Waals surface area contributed by atoms with Gasteiger partial charge in [0, 0.05) is 11.8 Å². The van der Waals surface area contributed by atoms with Crippen LogP contribution in [0.25, 0.3) is 0 Å². The van der Waals surface area contributed by atoms with Gasteiger partial charge in [0.2, 0.25) is 0 Å². The maximum atomic E-state index is 10.4. The summed E-state index contributed by atoms with van der Waals surface area (Å²) in [6.07, 6.45) is 0. The maximum Gasteiger partial charge on any atom is 0.268 e. The molecule has 84 valence electrons. The fraction of sp³-hybridized carbons (Fsp3) is 0.333. The molecule has 0 aliphatic carbocycles. The molecule has 1 aromatic carbocycles. The van der Waals surface area contributed by atoms with Gasteiger partial charge in [-0.15, -0.1) is 0 Å². The van der Waals surface area contributed by atoms with Crippen LogP contribution in [-0.4, -0.2) is 25.3 Å². The van der Waals surface area contributed by atoms with Gasteiger partial charge in [-0.1, -0.05) is 6.07 Å². The third-order valence-electron chi connectivity index (χ3n) is 1.86. The highest BCUT2D eigenvalue weighted by Crippen LogP contribution is 2.18. The molecule has 0 atom stereocenters. The molecule has 0 saturated carbocycles. The minimum Gasteiger partial charge on any atom is -0.492 e. The first kappa shape index (κ1) is 11.8. The van der Waals surface area contributed by atoms with Crippen molar-refractivity contribution in [2.75, 3.05) is 18.1 Å². The van der Waals surface area contributed by atoms with E-state index in [2.05, 4.69) is 0 Å². The van der Waals surface area contributed by atoms with Crippen LogP contribution in [0.5, 0.6) is 5.75 Å². The zero-order valence-corrected chi connectivity index (χ0v) is 9.12. The molecule has 15 heavy (non-hydrogen) atoms. The number of hydrogen-bond donors (Lipinski definition) is 2. The van der Waals surface area contributed by atoms with Crippen molar-refractivity contribution in [1.29, 1.82) is 0 Å². The zero-order valence-electron chi connectivity index (χ0n) is 8.30. The number of ether oxygens (including phenoxy) is 1. The van der Waals surface area contributed by atoms with Crippen molar-refractivity contribution in [3.63, 3.8) is 0 Å². The Morgan fingerprint density at radius 1 is 1.47 bits per heavy atom. The van der Waals surface area contributed by atoms with Crippen molar-refractivity contribution < 1.29 is 17.7 Å². The average Bonchev–Trinajstić information content (AvgIpc) is 2.09. The molecule has 3 N–H and O–H groups in total. The lowest BCUT2D eigenvalue weighted by atomic mass is 10.2. The fourth-order valence-corrected chi connectivity index (χ4v) is 1.27. The molecule has 0 aromatic heterocycles. The van der Waals surface area contributed by atoms with E-state index in [0.717, 1.165) is 5.56 Å². The molecule has 5 nitrogen and oxygen atoms in total. The van der Waals surface area contributed by atoms with E-state index in [-0.39, 0.29) is 6.61 Å². The Kier molecular flexibility index (Phi) is 3.54. The summed E-state index contributed by atoms with van der Waals surface area (Å²) in [5.74, 6) is 0.0580. The minimum atomic E-state index is -3.97. The fourth-order valence-electron chi connectivity index (χ4n) is 0.973. The molecule has 0 fully saturated rings. The summed E-state index contributed by atoms with van der Waals surface area (Å²) in [5, 5.41) is 0. The molecule has 0 aliphatic rings. The van der Waals surface area contributed by atoms with Crippen LogP contribution in [0.1, 0.15) is 5.56 Å². The van der Waals surface area contributed by atoms with E-state index >= 15 is 0 Å². The number of nitrogens with two attached hydrogens (primary N) is 1. The SMILES string of the molecule is Cc1ccc(OCCS(=O)(=O)O)cc1N. The molecule has 1 aromatic rings. The normalized spacial score (nSPS) is 11.3. The number of anilines is 1. The van der Waals surface area contributed by atoms with E-state index in [0.29, 0.717) is 11.4 Å². The van der Waals surface area contributed by atoms with Gasteiger partial charge in [0.15, 0.2) is 0 Å². The minimum absolute atomic E-state index is 0.0959. The van der Waals surface area contributed by atoms with E-state index in [9.17, 15) is 8.42 Å². The monoisotopic (exact) mass is 231 g/mol. The van der Waals surface area contributed by atoms with Crippen molar-refractivity contribution in [2.45, 2.75) is 6.92 Å². The Labute approximate surface area is 88.6 Å². The highest BCUT2D eigenvalue weighted by Gasteiger charge is 2.05. The number of rotatable bonds is 4. The summed E-state index contributed by atoms with van der Waals surface area (Å²) in [6.45, 7) is 1.76. The molecule has 0 aliphatic heterocycles. The summed E-state index contributed by atoms with van der Waals surface area (Å²) in [6, 6.07) is 5.08. The van der Waals surface area contributed by atoms with Crippen LogP contribution >= 0.6 is 0 Å². The molecule has 0 spiro atoms. The van der Waals surface area contributed by atoms with Gasteiger partial charge < -0.3 is 10.5 Å². The summed E-state index contributed by atoms with van der Waals surface area (Å²) in [7, 11) is -3.97. The van der Waals surface area contributed by atoms with Crippen LogP contribution < -0.4 is 10.5 Å². The third-order valence-corrected chi connectivity index (χ3v) is 2.54. The lowest BCUT2D eigenvalue weighted by molar-refractivity contribution is 0.336. The molecule has 0 radical (unpaired) electrons. The van der Waals surface area contributed by atoms with Crippen LogP contribution in [0.4, 0.5) is 5.69 Å². The molecular weight excluding hydrogens is 218 g/mol. The first-order valence-corrected chi connectivity index (χ1v) is 5.93. The molecule has 0 saturated heterocycles. The molecular formula is C9H13NO4S. The zero-order chi connectivity index (χ0) is 11.5. The van der Waals surface area contributed by atoms with E-state index in [1.165, 1.54) is 0 Å². The summed E-state index contributed by atoms with van der Waals surface area (Å²) in [4.78, 5) is 0. The smallest absolute Gasteiger partial charge is 0.268 e. The number of benzene rings is 1. The second-order valence-electron chi connectivity index (χ2n) is 3.15. The Balaban J connectivity index is 2.55. The lowest BCUT2D eigenvalue weighted by Crippen LogP contribution is -2.12. The molecule has 0 unspecified atom stereocenters. The first-order valence-electron chi connectivity index (χ1n) is 4.32. The van der Waals surface area contributed by atoms with E-state index < -0.39 is 15.9 Å². The average molecular weight is 231 g/mol. The van der Waals surface area contributed by atoms with Crippen molar-refractivity contribution in [1.82, 2.24) is 0 Å². The number of hydrogen-bond acceptors (Lipinski definition) is 4. The Hall–Kier alpha value is -1.27. The quantitative estimate of drug-likeness (QED) is 0.592. The lowest BCUT2D eigenvalue weighted by Gasteiger charge is -2.06. The van der Waals surface area contributed by atoms with Crippen LogP contribution in [0.2, 0.25) is 0 Å². The highest BCUT2D eigenvalue weighted by atomic mass is 32.2. The van der Waals surface area contributed by atoms with Gasteiger partial charge in [-0.25, -0.2) is 0 Å². The van der Waals surface area contributed by atoms with Crippen LogP contribution in [0.3, 0.4) is 0 Å². The standard InChI is InChI=1S/C9H13NO4S/c1-7-2-3-8(6-9(7)10)14-4-5-15(11,12)13/h2-3,6H,4-5,10H2,1H3,(H,11,12,13). The predicted molar refractivity (Wildman–Crippen MR) is 57.5 cm³/mol. The van der Waals surface area contributed by atoms with Crippen molar-refractivity contribution in [3.8, 4) is 5.75 Å². The Bertz CT molecular complexity index is 441. The summed E-state index contributed by atoms with van der Waals surface area (Å²) in [5.41, 5.74) is 7.14. The van der Waals surface area contributed by atoms with Crippen LogP contribution in [-0.2, 0) is 10.1 Å². The number of nitrogen functional groups attached to an aromatic ring is 1. The highest BCUT2D eigenvalue weighted by molar-refractivity contribution is 7.85. The largest absolute Gasteiger partial charge is 0.492 e. The maximum absolute atomic E-state index is 10.4. The van der Waals surface area contributed by atoms with Gasteiger partial charge in [-0.05, 0) is 18.6 Å². The van der Waals surface area contributed by atoms with Crippen molar-refractivity contribution >= 4 is 15.8 Å². The van der Waals surface area contributed by atoms with Crippen LogP contribution in [0, 0.1) is 6.92 Å². The van der Waals surface area contributed by atoms with E-state index in [1.54, 1.807) is 18.2 Å². The number of aryl methyl sites for hydroxylation is 1. The van der Waals surface area contributed by atoms with Crippen molar-refractivity contribution in [3.05, 3.63) is 23.8 Å². The molecule has 0 bridgehead atoms.